The molecule has 0 spiro atoms. The van der Waals surface area contributed by atoms with Crippen molar-refractivity contribution in [1.29, 1.82) is 0 Å². The molecule has 6 heteroatoms. The molecule has 1 aromatic rings. The van der Waals surface area contributed by atoms with E-state index < -0.39 is 0 Å². The van der Waals surface area contributed by atoms with Crippen LogP contribution in [0.3, 0.4) is 0 Å². The van der Waals surface area contributed by atoms with Crippen molar-refractivity contribution in [2.45, 2.75) is 38.2 Å². The van der Waals surface area contributed by atoms with Crippen molar-refractivity contribution in [3.8, 4) is 0 Å². The van der Waals surface area contributed by atoms with Crippen molar-refractivity contribution >= 4 is 23.2 Å². The number of likely N-dealkylation sites (N-methyl/N-ethyl adjacent to an activating group) is 1. The Balaban J connectivity index is 1.56. The van der Waals surface area contributed by atoms with E-state index in [1.807, 2.05) is 36.2 Å². The number of carbonyl (C=O) groups excluding carboxylic acids is 2. The minimum absolute atomic E-state index is 0.0718. The molecule has 2 fully saturated rings. The highest BCUT2D eigenvalue weighted by molar-refractivity contribution is 6.02. The molecule has 0 aliphatic carbocycles. The van der Waals surface area contributed by atoms with E-state index in [1.165, 1.54) is 6.42 Å². The minimum atomic E-state index is -0.0718. The molecule has 0 aromatic heterocycles. The number of rotatable bonds is 6. The molecule has 0 radical (unpaired) electrons. The highest BCUT2D eigenvalue weighted by Gasteiger charge is 2.24. The van der Waals surface area contributed by atoms with Crippen LogP contribution in [0.25, 0.3) is 0 Å². The Labute approximate surface area is 149 Å². The quantitative estimate of drug-likeness (QED) is 0.859. The number of nitrogens with zero attached hydrogens (tertiary/aromatic N) is 2. The highest BCUT2D eigenvalue weighted by Crippen LogP contribution is 2.29. The Kier molecular flexibility index (Phi) is 6.04. The van der Waals surface area contributed by atoms with Gasteiger partial charge in [-0.3, -0.25) is 14.5 Å². The van der Waals surface area contributed by atoms with E-state index in [1.54, 1.807) is 4.90 Å². The Morgan fingerprint density at radius 1 is 1.32 bits per heavy atom. The van der Waals surface area contributed by atoms with Gasteiger partial charge in [0.25, 0.3) is 0 Å². The van der Waals surface area contributed by atoms with Gasteiger partial charge in [-0.2, -0.15) is 0 Å². The summed E-state index contributed by atoms with van der Waals surface area (Å²) in [6, 6.07) is 7.50. The number of benzene rings is 1. The molecule has 25 heavy (non-hydrogen) atoms. The summed E-state index contributed by atoms with van der Waals surface area (Å²) in [7, 11) is 1.94. The first kappa shape index (κ1) is 17.9. The van der Waals surface area contributed by atoms with Gasteiger partial charge < -0.3 is 15.0 Å². The summed E-state index contributed by atoms with van der Waals surface area (Å²) in [6.45, 7) is 2.61. The third kappa shape index (κ3) is 4.80. The summed E-state index contributed by atoms with van der Waals surface area (Å²) >= 11 is 0. The van der Waals surface area contributed by atoms with E-state index in [0.717, 1.165) is 38.1 Å². The average Bonchev–Trinajstić information content (AvgIpc) is 3.02. The smallest absolute Gasteiger partial charge is 0.238 e. The molecule has 2 aliphatic rings. The fourth-order valence-corrected chi connectivity index (χ4v) is 3.52. The summed E-state index contributed by atoms with van der Waals surface area (Å²) in [6.07, 6.45) is 5.05. The second kappa shape index (κ2) is 8.45. The maximum atomic E-state index is 12.4. The second-order valence-electron chi connectivity index (χ2n) is 6.90. The van der Waals surface area contributed by atoms with Gasteiger partial charge in [-0.15, -0.1) is 0 Å². The van der Waals surface area contributed by atoms with Crippen LogP contribution in [0.2, 0.25) is 0 Å². The maximum Gasteiger partial charge on any atom is 0.238 e. The third-order valence-electron chi connectivity index (χ3n) is 4.75. The first-order valence-electron chi connectivity index (χ1n) is 9.13. The molecular formula is C19H27N3O3. The summed E-state index contributed by atoms with van der Waals surface area (Å²) in [5.74, 6) is 0.0469. The van der Waals surface area contributed by atoms with Crippen LogP contribution in [0.15, 0.2) is 24.3 Å². The van der Waals surface area contributed by atoms with Crippen LogP contribution < -0.4 is 10.2 Å². The van der Waals surface area contributed by atoms with E-state index in [2.05, 4.69) is 5.32 Å². The molecule has 0 bridgehead atoms. The van der Waals surface area contributed by atoms with E-state index in [0.29, 0.717) is 25.2 Å². The van der Waals surface area contributed by atoms with Gasteiger partial charge in [0.1, 0.15) is 0 Å². The number of anilines is 2. The number of amides is 2. The number of nitrogens with one attached hydrogen (secondary N) is 1. The van der Waals surface area contributed by atoms with E-state index in [4.69, 9.17) is 4.74 Å². The SMILES string of the molecule is CN(CC(=O)Nc1ccccc1N1CCCC1=O)CC1CCCCO1. The predicted octanol–water partition coefficient (Wildman–Crippen LogP) is 2.25. The zero-order chi connectivity index (χ0) is 17.6. The molecule has 136 valence electrons. The predicted molar refractivity (Wildman–Crippen MR) is 97.7 cm³/mol. The molecule has 2 aliphatic heterocycles. The zero-order valence-electron chi connectivity index (χ0n) is 14.9. The topological polar surface area (TPSA) is 61.9 Å². The van der Waals surface area contributed by atoms with Crippen molar-refractivity contribution in [3.05, 3.63) is 24.3 Å². The molecule has 1 atom stereocenters. The van der Waals surface area contributed by atoms with Gasteiger partial charge in [0.05, 0.1) is 24.0 Å². The minimum Gasteiger partial charge on any atom is -0.377 e. The zero-order valence-corrected chi connectivity index (χ0v) is 14.9. The van der Waals surface area contributed by atoms with Crippen LogP contribution in [0.5, 0.6) is 0 Å². The number of hydrogen-bond donors (Lipinski definition) is 1. The monoisotopic (exact) mass is 345 g/mol. The van der Waals surface area contributed by atoms with Crippen molar-refractivity contribution in [1.82, 2.24) is 4.90 Å². The molecule has 2 amide bonds. The summed E-state index contributed by atoms with van der Waals surface area (Å²) in [5, 5.41) is 2.96. The van der Waals surface area contributed by atoms with Crippen LogP contribution in [-0.2, 0) is 14.3 Å². The van der Waals surface area contributed by atoms with Crippen LogP contribution in [-0.4, -0.2) is 56.1 Å². The van der Waals surface area contributed by atoms with Crippen LogP contribution in [0.4, 0.5) is 11.4 Å². The Morgan fingerprint density at radius 2 is 2.16 bits per heavy atom. The van der Waals surface area contributed by atoms with Crippen molar-refractivity contribution in [2.75, 3.05) is 43.5 Å². The summed E-state index contributed by atoms with van der Waals surface area (Å²) < 4.78 is 5.73. The molecule has 2 heterocycles. The van der Waals surface area contributed by atoms with Gasteiger partial charge in [0.15, 0.2) is 0 Å². The molecular weight excluding hydrogens is 318 g/mol. The normalized spacial score (nSPS) is 21.0. The Hall–Kier alpha value is -1.92. The molecule has 0 saturated carbocycles. The molecule has 1 aromatic carbocycles. The summed E-state index contributed by atoms with van der Waals surface area (Å²) in [5.41, 5.74) is 1.49. The van der Waals surface area contributed by atoms with Gasteiger partial charge in [-0.1, -0.05) is 12.1 Å². The van der Waals surface area contributed by atoms with Crippen LogP contribution in [0.1, 0.15) is 32.1 Å². The third-order valence-corrected chi connectivity index (χ3v) is 4.75. The first-order chi connectivity index (χ1) is 12.1. The molecule has 6 nitrogen and oxygen atoms in total. The average molecular weight is 345 g/mol. The Morgan fingerprint density at radius 3 is 2.88 bits per heavy atom. The van der Waals surface area contributed by atoms with E-state index in [-0.39, 0.29) is 17.9 Å². The maximum absolute atomic E-state index is 12.4. The first-order valence-corrected chi connectivity index (χ1v) is 9.13. The second-order valence-corrected chi connectivity index (χ2v) is 6.90. The van der Waals surface area contributed by atoms with Crippen LogP contribution >= 0.6 is 0 Å². The fraction of sp³-hybridized carbons (Fsp3) is 0.579. The largest absolute Gasteiger partial charge is 0.377 e. The van der Waals surface area contributed by atoms with Crippen molar-refractivity contribution in [3.63, 3.8) is 0 Å². The van der Waals surface area contributed by atoms with Gasteiger partial charge in [0, 0.05) is 26.1 Å². The number of carbonyl (C=O) groups is 2. The lowest BCUT2D eigenvalue weighted by Gasteiger charge is -2.27. The molecule has 2 saturated heterocycles. The number of hydrogen-bond acceptors (Lipinski definition) is 4. The molecule has 1 unspecified atom stereocenters. The summed E-state index contributed by atoms with van der Waals surface area (Å²) in [4.78, 5) is 28.2. The van der Waals surface area contributed by atoms with Crippen molar-refractivity contribution < 1.29 is 14.3 Å². The lowest BCUT2D eigenvalue weighted by molar-refractivity contribution is -0.118. The van der Waals surface area contributed by atoms with Gasteiger partial charge >= 0.3 is 0 Å². The van der Waals surface area contributed by atoms with Gasteiger partial charge in [0.2, 0.25) is 11.8 Å². The van der Waals surface area contributed by atoms with Crippen LogP contribution in [0, 0.1) is 0 Å². The van der Waals surface area contributed by atoms with Gasteiger partial charge in [-0.05, 0) is 44.9 Å². The fourth-order valence-electron chi connectivity index (χ4n) is 3.52. The lowest BCUT2D eigenvalue weighted by atomic mass is 10.1. The highest BCUT2D eigenvalue weighted by atomic mass is 16.5. The van der Waals surface area contributed by atoms with E-state index in [9.17, 15) is 9.59 Å². The molecule has 1 N–H and O–H groups in total. The lowest BCUT2D eigenvalue weighted by Crippen LogP contribution is -2.38. The number of para-hydroxylation sites is 2. The van der Waals surface area contributed by atoms with Gasteiger partial charge in [-0.25, -0.2) is 0 Å². The Bertz CT molecular complexity index is 614. The van der Waals surface area contributed by atoms with E-state index >= 15 is 0 Å². The number of ether oxygens (including phenoxy) is 1. The van der Waals surface area contributed by atoms with Crippen molar-refractivity contribution in [2.24, 2.45) is 0 Å². The standard InChI is InChI=1S/C19H27N3O3/c1-21(13-15-7-4-5-12-25-15)14-18(23)20-16-8-2-3-9-17(16)22-11-6-10-19(22)24/h2-3,8-9,15H,4-7,10-14H2,1H3,(H,20,23). The molecule has 3 rings (SSSR count).